The van der Waals surface area contributed by atoms with Crippen molar-refractivity contribution in [1.29, 1.82) is 0 Å². The van der Waals surface area contributed by atoms with Gasteiger partial charge in [0, 0.05) is 26.2 Å². The molecule has 0 nitrogen and oxygen atoms in total. The molecule has 1 aliphatic rings. The first-order valence-corrected chi connectivity index (χ1v) is 5.11. The van der Waals surface area contributed by atoms with E-state index in [2.05, 4.69) is 44.2 Å². The standard InChI is InChI=1S/C13H16.Zr/c1-3-10(2)12-9-8-11-6-4-5-7-13(11)12;/h4-7,9-10H,3,8H2,1-2H3;. The summed E-state index contributed by atoms with van der Waals surface area (Å²) in [6.45, 7) is 4.57. The van der Waals surface area contributed by atoms with Gasteiger partial charge in [-0.15, -0.1) is 0 Å². The first-order valence-electron chi connectivity index (χ1n) is 5.11. The molecule has 1 unspecified atom stereocenters. The van der Waals surface area contributed by atoms with Crippen molar-refractivity contribution in [2.45, 2.75) is 26.7 Å². The van der Waals surface area contributed by atoms with Gasteiger partial charge in [-0.05, 0) is 35.5 Å². The molecule has 1 aromatic rings. The monoisotopic (exact) mass is 262 g/mol. The summed E-state index contributed by atoms with van der Waals surface area (Å²) >= 11 is 0. The molecule has 72 valence electrons. The maximum absolute atomic E-state index is 2.39. The van der Waals surface area contributed by atoms with Crippen molar-refractivity contribution in [3.8, 4) is 0 Å². The Morgan fingerprint density at radius 3 is 2.71 bits per heavy atom. The zero-order chi connectivity index (χ0) is 9.26. The van der Waals surface area contributed by atoms with Crippen LogP contribution in [0.4, 0.5) is 0 Å². The van der Waals surface area contributed by atoms with Gasteiger partial charge in [0.1, 0.15) is 0 Å². The minimum absolute atomic E-state index is 0. The van der Waals surface area contributed by atoms with E-state index in [0.717, 1.165) is 6.42 Å². The second-order valence-electron chi connectivity index (χ2n) is 3.83. The molecule has 0 fully saturated rings. The average molecular weight is 263 g/mol. The Balaban J connectivity index is 0.000000980. The number of fused-ring (bicyclic) bond motifs is 1. The van der Waals surface area contributed by atoms with E-state index in [0.29, 0.717) is 5.92 Å². The van der Waals surface area contributed by atoms with Crippen LogP contribution in [0.5, 0.6) is 0 Å². The summed E-state index contributed by atoms with van der Waals surface area (Å²) < 4.78 is 0. The van der Waals surface area contributed by atoms with E-state index in [1.54, 1.807) is 5.57 Å². The van der Waals surface area contributed by atoms with E-state index in [1.165, 1.54) is 17.5 Å². The zero-order valence-corrected chi connectivity index (χ0v) is 11.3. The van der Waals surface area contributed by atoms with Crippen LogP contribution in [0.2, 0.25) is 0 Å². The summed E-state index contributed by atoms with van der Waals surface area (Å²) in [6, 6.07) is 8.76. The molecule has 0 amide bonds. The fourth-order valence-electron chi connectivity index (χ4n) is 2.00. The van der Waals surface area contributed by atoms with Crippen LogP contribution in [0.3, 0.4) is 0 Å². The molecule has 2 rings (SSSR count). The van der Waals surface area contributed by atoms with Gasteiger partial charge in [0.05, 0.1) is 0 Å². The van der Waals surface area contributed by atoms with Crippen molar-refractivity contribution in [3.63, 3.8) is 0 Å². The van der Waals surface area contributed by atoms with Gasteiger partial charge in [0.2, 0.25) is 0 Å². The summed E-state index contributed by atoms with van der Waals surface area (Å²) in [5, 5.41) is 0. The maximum atomic E-state index is 2.39. The SMILES string of the molecule is CCC(C)C1=CCc2ccccc21.[Zr]. The molecule has 0 radical (unpaired) electrons. The van der Waals surface area contributed by atoms with Gasteiger partial charge in [0.15, 0.2) is 0 Å². The van der Waals surface area contributed by atoms with Gasteiger partial charge < -0.3 is 0 Å². The summed E-state index contributed by atoms with van der Waals surface area (Å²) in [6.07, 6.45) is 4.76. The van der Waals surface area contributed by atoms with Gasteiger partial charge in [-0.3, -0.25) is 0 Å². The maximum Gasteiger partial charge on any atom is 0 e. The topological polar surface area (TPSA) is 0 Å². The van der Waals surface area contributed by atoms with Crippen LogP contribution in [0.1, 0.15) is 31.4 Å². The number of hydrogen-bond acceptors (Lipinski definition) is 0. The summed E-state index contributed by atoms with van der Waals surface area (Å²) in [7, 11) is 0. The van der Waals surface area contributed by atoms with Crippen molar-refractivity contribution in [2.75, 3.05) is 0 Å². The Labute approximate surface area is 106 Å². The van der Waals surface area contributed by atoms with Gasteiger partial charge >= 0.3 is 0 Å². The number of benzene rings is 1. The van der Waals surface area contributed by atoms with Crippen LogP contribution < -0.4 is 0 Å². The quantitative estimate of drug-likeness (QED) is 0.764. The molecule has 14 heavy (non-hydrogen) atoms. The van der Waals surface area contributed by atoms with E-state index in [-0.39, 0.29) is 26.2 Å². The van der Waals surface area contributed by atoms with Crippen molar-refractivity contribution < 1.29 is 26.2 Å². The van der Waals surface area contributed by atoms with E-state index in [1.807, 2.05) is 0 Å². The average Bonchev–Trinajstić information content (AvgIpc) is 2.60. The van der Waals surface area contributed by atoms with E-state index < -0.39 is 0 Å². The Hall–Kier alpha value is -0.157. The van der Waals surface area contributed by atoms with Gasteiger partial charge in [-0.1, -0.05) is 44.2 Å². The Bertz CT molecular complexity index is 339. The van der Waals surface area contributed by atoms with Crippen molar-refractivity contribution in [2.24, 2.45) is 5.92 Å². The second kappa shape index (κ2) is 5.07. The molecular weight excluding hydrogens is 247 g/mol. The number of allylic oxidation sites excluding steroid dienone is 2. The van der Waals surface area contributed by atoms with Crippen molar-refractivity contribution in [3.05, 3.63) is 41.5 Å². The van der Waals surface area contributed by atoms with Crippen LogP contribution in [-0.2, 0) is 32.6 Å². The number of rotatable bonds is 2. The van der Waals surface area contributed by atoms with Gasteiger partial charge in [0.25, 0.3) is 0 Å². The molecule has 1 aromatic carbocycles. The number of hydrogen-bond donors (Lipinski definition) is 0. The largest absolute Gasteiger partial charge is 0.0760 e. The van der Waals surface area contributed by atoms with E-state index >= 15 is 0 Å². The molecule has 0 aliphatic heterocycles. The molecule has 0 saturated carbocycles. The smallest absolute Gasteiger partial charge is 0 e. The summed E-state index contributed by atoms with van der Waals surface area (Å²) in [4.78, 5) is 0. The van der Waals surface area contributed by atoms with Crippen molar-refractivity contribution in [1.82, 2.24) is 0 Å². The Kier molecular flexibility index (Phi) is 4.32. The molecular formula is C13H16Zr. The zero-order valence-electron chi connectivity index (χ0n) is 8.88. The van der Waals surface area contributed by atoms with Crippen molar-refractivity contribution >= 4 is 5.57 Å². The minimum Gasteiger partial charge on any atom is -0.0760 e. The third-order valence-electron chi connectivity index (χ3n) is 3.01. The predicted octanol–water partition coefficient (Wildman–Crippen LogP) is 3.67. The van der Waals surface area contributed by atoms with Crippen LogP contribution in [0, 0.1) is 5.92 Å². The van der Waals surface area contributed by atoms with Crippen LogP contribution >= 0.6 is 0 Å². The molecule has 0 saturated heterocycles. The molecule has 1 heteroatoms. The first kappa shape index (κ1) is 11.9. The summed E-state index contributed by atoms with van der Waals surface area (Å²) in [5.74, 6) is 0.712. The van der Waals surface area contributed by atoms with Crippen LogP contribution in [-0.4, -0.2) is 0 Å². The molecule has 0 heterocycles. The second-order valence-corrected chi connectivity index (χ2v) is 3.83. The third-order valence-corrected chi connectivity index (χ3v) is 3.01. The molecule has 0 N–H and O–H groups in total. The molecule has 0 bridgehead atoms. The molecule has 1 aliphatic carbocycles. The minimum atomic E-state index is 0. The van der Waals surface area contributed by atoms with E-state index in [9.17, 15) is 0 Å². The summed E-state index contributed by atoms with van der Waals surface area (Å²) in [5.41, 5.74) is 4.53. The third kappa shape index (κ3) is 2.08. The normalized spacial score (nSPS) is 15.4. The fourth-order valence-corrected chi connectivity index (χ4v) is 2.00. The molecule has 0 spiro atoms. The molecule has 1 atom stereocenters. The fraction of sp³-hybridized carbons (Fsp3) is 0.385. The predicted molar refractivity (Wildman–Crippen MR) is 57.6 cm³/mol. The van der Waals surface area contributed by atoms with Crippen LogP contribution in [0.25, 0.3) is 5.57 Å². The Morgan fingerprint density at radius 1 is 1.29 bits per heavy atom. The van der Waals surface area contributed by atoms with Gasteiger partial charge in [-0.25, -0.2) is 0 Å². The van der Waals surface area contributed by atoms with Crippen LogP contribution in [0.15, 0.2) is 30.3 Å². The van der Waals surface area contributed by atoms with E-state index in [4.69, 9.17) is 0 Å². The first-order chi connectivity index (χ1) is 6.33. The van der Waals surface area contributed by atoms with Gasteiger partial charge in [-0.2, -0.15) is 0 Å². The Morgan fingerprint density at radius 2 is 2.00 bits per heavy atom. The molecule has 0 aromatic heterocycles.